The van der Waals surface area contributed by atoms with Crippen LogP contribution < -0.4 is 4.90 Å². The van der Waals surface area contributed by atoms with E-state index in [4.69, 9.17) is 0 Å². The predicted molar refractivity (Wildman–Crippen MR) is 96.4 cm³/mol. The minimum atomic E-state index is -0.306. The summed E-state index contributed by atoms with van der Waals surface area (Å²) < 4.78 is 16.5. The third-order valence-electron chi connectivity index (χ3n) is 5.56. The van der Waals surface area contributed by atoms with Crippen LogP contribution in [0.15, 0.2) is 24.5 Å². The number of rotatable bonds is 2. The lowest BCUT2D eigenvalue weighted by atomic mass is 10.00. The maximum atomic E-state index is 14.2. The van der Waals surface area contributed by atoms with Gasteiger partial charge in [0.05, 0.1) is 6.04 Å². The molecule has 26 heavy (non-hydrogen) atoms. The largest absolute Gasteiger partial charge is 0.346 e. The van der Waals surface area contributed by atoms with E-state index < -0.39 is 0 Å². The lowest BCUT2D eigenvalue weighted by Gasteiger charge is -2.36. The Balaban J connectivity index is 1.61. The van der Waals surface area contributed by atoms with Crippen LogP contribution in [-0.2, 0) is 13.0 Å². The van der Waals surface area contributed by atoms with Crippen LogP contribution in [0.25, 0.3) is 10.9 Å². The number of benzene rings is 1. The van der Waals surface area contributed by atoms with E-state index in [1.54, 1.807) is 6.07 Å². The van der Waals surface area contributed by atoms with Gasteiger partial charge in [0.2, 0.25) is 0 Å². The zero-order valence-corrected chi connectivity index (χ0v) is 14.6. The number of aromatic nitrogens is 5. The Kier molecular flexibility index (Phi) is 3.80. The molecule has 4 heterocycles. The number of hydrogen-bond donors (Lipinski definition) is 0. The molecular weight excluding hydrogens is 331 g/mol. The van der Waals surface area contributed by atoms with Crippen molar-refractivity contribution in [2.24, 2.45) is 0 Å². The highest BCUT2D eigenvalue weighted by atomic mass is 19.1. The molecule has 1 aromatic carbocycles. The number of fused-ring (bicyclic) bond motifs is 2. The lowest BCUT2D eigenvalue weighted by molar-refractivity contribution is 0.421. The minimum Gasteiger partial charge on any atom is -0.346 e. The van der Waals surface area contributed by atoms with Gasteiger partial charge < -0.3 is 9.47 Å². The number of aryl methyl sites for hydroxylation is 1. The van der Waals surface area contributed by atoms with Crippen LogP contribution in [0, 0.1) is 5.82 Å². The smallest absolute Gasteiger partial charge is 0.155 e. The Bertz CT molecular complexity index is 952. The van der Waals surface area contributed by atoms with Crippen LogP contribution in [0.3, 0.4) is 0 Å². The summed E-state index contributed by atoms with van der Waals surface area (Å²) in [5, 5.41) is 9.74. The Hall–Kier alpha value is -2.57. The zero-order valence-electron chi connectivity index (χ0n) is 14.6. The van der Waals surface area contributed by atoms with E-state index >= 15 is 0 Å². The van der Waals surface area contributed by atoms with Crippen molar-refractivity contribution in [3.05, 3.63) is 42.0 Å². The maximum absolute atomic E-state index is 14.2. The number of anilines is 1. The molecule has 1 saturated heterocycles. The number of para-hydroxylation sites is 1. The highest BCUT2D eigenvalue weighted by Crippen LogP contribution is 2.37. The summed E-state index contributed by atoms with van der Waals surface area (Å²) in [5.41, 5.74) is 0.380. The molecule has 2 aromatic heterocycles. The van der Waals surface area contributed by atoms with Crippen molar-refractivity contribution in [3.63, 3.8) is 0 Å². The summed E-state index contributed by atoms with van der Waals surface area (Å²) in [5.74, 6) is 2.62. The summed E-state index contributed by atoms with van der Waals surface area (Å²) in [7, 11) is 0. The molecule has 0 spiro atoms. The first-order valence-corrected chi connectivity index (χ1v) is 9.41. The van der Waals surface area contributed by atoms with Gasteiger partial charge in [-0.25, -0.2) is 14.4 Å². The molecule has 3 aromatic rings. The molecule has 6 nitrogen and oxygen atoms in total. The van der Waals surface area contributed by atoms with Gasteiger partial charge in [-0.1, -0.05) is 6.07 Å². The molecule has 1 fully saturated rings. The van der Waals surface area contributed by atoms with Gasteiger partial charge in [-0.3, -0.25) is 0 Å². The Labute approximate surface area is 151 Å². The van der Waals surface area contributed by atoms with Crippen LogP contribution in [0.1, 0.15) is 49.8 Å². The van der Waals surface area contributed by atoms with Gasteiger partial charge in [-0.2, -0.15) is 0 Å². The fourth-order valence-electron chi connectivity index (χ4n) is 4.30. The topological polar surface area (TPSA) is 59.7 Å². The van der Waals surface area contributed by atoms with Crippen LogP contribution in [0.2, 0.25) is 0 Å². The molecule has 2 aliphatic heterocycles. The van der Waals surface area contributed by atoms with Crippen molar-refractivity contribution < 1.29 is 4.39 Å². The first-order valence-electron chi connectivity index (χ1n) is 9.41. The number of halogens is 1. The second kappa shape index (κ2) is 6.30. The van der Waals surface area contributed by atoms with Crippen molar-refractivity contribution in [1.82, 2.24) is 24.7 Å². The SMILES string of the molecule is Fc1cccc2c(N3CCCCC3c3nnc4n3CCCC4)ncnc12. The Morgan fingerprint density at radius 2 is 1.92 bits per heavy atom. The monoisotopic (exact) mass is 352 g/mol. The average molecular weight is 352 g/mol. The molecule has 0 saturated carbocycles. The molecule has 134 valence electrons. The number of hydrogen-bond acceptors (Lipinski definition) is 5. The fraction of sp³-hybridized carbons (Fsp3) is 0.474. The van der Waals surface area contributed by atoms with Crippen molar-refractivity contribution in [2.45, 2.75) is 51.1 Å². The Morgan fingerprint density at radius 3 is 2.88 bits per heavy atom. The highest BCUT2D eigenvalue weighted by Gasteiger charge is 2.32. The van der Waals surface area contributed by atoms with Gasteiger partial charge in [0, 0.05) is 24.9 Å². The van der Waals surface area contributed by atoms with Gasteiger partial charge >= 0.3 is 0 Å². The summed E-state index contributed by atoms with van der Waals surface area (Å²) >= 11 is 0. The third-order valence-corrected chi connectivity index (χ3v) is 5.56. The second-order valence-electron chi connectivity index (χ2n) is 7.12. The molecule has 0 N–H and O–H groups in total. The molecule has 7 heteroatoms. The third kappa shape index (κ3) is 2.45. The van der Waals surface area contributed by atoms with Gasteiger partial charge in [0.25, 0.3) is 0 Å². The standard InChI is InChI=1S/C19H21FN6/c20-14-7-5-6-13-17(14)21-12-22-18(13)25-10-3-1-8-15(25)19-24-23-16-9-2-4-11-26(16)19/h5-7,12,15H,1-4,8-11H2. The molecular formula is C19H21FN6. The molecule has 0 aliphatic carbocycles. The van der Waals surface area contributed by atoms with E-state index in [9.17, 15) is 4.39 Å². The quantitative estimate of drug-likeness (QED) is 0.707. The normalized spacial score (nSPS) is 20.3. The molecule has 0 bridgehead atoms. The summed E-state index contributed by atoms with van der Waals surface area (Å²) in [6, 6.07) is 5.20. The second-order valence-corrected chi connectivity index (χ2v) is 7.12. The van der Waals surface area contributed by atoms with Crippen molar-refractivity contribution >= 4 is 16.7 Å². The van der Waals surface area contributed by atoms with E-state index in [2.05, 4.69) is 29.6 Å². The lowest BCUT2D eigenvalue weighted by Crippen LogP contribution is -2.36. The van der Waals surface area contributed by atoms with Crippen molar-refractivity contribution in [3.8, 4) is 0 Å². The van der Waals surface area contributed by atoms with Crippen LogP contribution in [0.4, 0.5) is 10.2 Å². The molecule has 0 radical (unpaired) electrons. The van der Waals surface area contributed by atoms with Gasteiger partial charge in [0.15, 0.2) is 5.82 Å². The van der Waals surface area contributed by atoms with Gasteiger partial charge in [-0.15, -0.1) is 10.2 Å². The fourth-order valence-corrected chi connectivity index (χ4v) is 4.30. The number of nitrogens with zero attached hydrogens (tertiary/aromatic N) is 6. The number of piperidine rings is 1. The maximum Gasteiger partial charge on any atom is 0.155 e. The van der Waals surface area contributed by atoms with Crippen LogP contribution in [-0.4, -0.2) is 31.3 Å². The summed E-state index contributed by atoms with van der Waals surface area (Å²) in [6.07, 6.45) is 8.08. The van der Waals surface area contributed by atoms with Gasteiger partial charge in [-0.05, 0) is 44.2 Å². The van der Waals surface area contributed by atoms with E-state index in [0.717, 1.165) is 61.6 Å². The van der Waals surface area contributed by atoms with E-state index in [0.29, 0.717) is 5.52 Å². The molecule has 1 unspecified atom stereocenters. The summed E-state index contributed by atoms with van der Waals surface area (Å²) in [6.45, 7) is 1.87. The van der Waals surface area contributed by atoms with Crippen molar-refractivity contribution in [1.29, 1.82) is 0 Å². The van der Waals surface area contributed by atoms with Crippen molar-refractivity contribution in [2.75, 3.05) is 11.4 Å². The van der Waals surface area contributed by atoms with Gasteiger partial charge in [0.1, 0.15) is 29.3 Å². The minimum absolute atomic E-state index is 0.129. The molecule has 5 rings (SSSR count). The van der Waals surface area contributed by atoms with Crippen LogP contribution in [0.5, 0.6) is 0 Å². The van der Waals surface area contributed by atoms with Crippen LogP contribution >= 0.6 is 0 Å². The molecule has 1 atom stereocenters. The Morgan fingerprint density at radius 1 is 1.00 bits per heavy atom. The van der Waals surface area contributed by atoms with E-state index in [-0.39, 0.29) is 11.9 Å². The first-order chi connectivity index (χ1) is 12.8. The predicted octanol–water partition coefficient (Wildman–Crippen LogP) is 3.43. The zero-order chi connectivity index (χ0) is 17.5. The molecule has 2 aliphatic rings. The summed E-state index contributed by atoms with van der Waals surface area (Å²) in [4.78, 5) is 11.0. The first kappa shape index (κ1) is 15.7. The molecule has 0 amide bonds. The van der Waals surface area contributed by atoms with E-state index in [1.165, 1.54) is 25.2 Å². The highest BCUT2D eigenvalue weighted by molar-refractivity contribution is 5.89. The average Bonchev–Trinajstić information content (AvgIpc) is 3.12. The van der Waals surface area contributed by atoms with E-state index in [1.807, 2.05) is 6.07 Å².